The quantitative estimate of drug-likeness (QED) is 0.0925. The number of non-ortho nitro benzene ring substituents is 1. The first-order valence-electron chi connectivity index (χ1n) is 9.97. The van der Waals surface area contributed by atoms with Crippen molar-refractivity contribution in [1.29, 1.82) is 0 Å². The van der Waals surface area contributed by atoms with Crippen LogP contribution >= 0.6 is 56.8 Å². The topological polar surface area (TPSA) is 100 Å². The summed E-state index contributed by atoms with van der Waals surface area (Å²) in [5, 5.41) is 11.0. The van der Waals surface area contributed by atoms with Crippen LogP contribution in [0.4, 0.5) is 5.69 Å². The van der Waals surface area contributed by atoms with Crippen molar-refractivity contribution in [1.82, 2.24) is 0 Å². The van der Waals surface area contributed by atoms with E-state index >= 15 is 0 Å². The number of benzene rings is 3. The second-order valence-corrected chi connectivity index (χ2v) is 10.0. The van der Waals surface area contributed by atoms with Gasteiger partial charge < -0.3 is 14.2 Å². The van der Waals surface area contributed by atoms with E-state index in [1.165, 1.54) is 25.3 Å². The Hall–Kier alpha value is -2.71. The van der Waals surface area contributed by atoms with Crippen LogP contribution in [0.5, 0.6) is 11.5 Å². The molecule has 0 saturated heterocycles. The van der Waals surface area contributed by atoms with Crippen molar-refractivity contribution in [3.05, 3.63) is 99.3 Å². The molecule has 0 aromatic heterocycles. The molecule has 35 heavy (non-hydrogen) atoms. The summed E-state index contributed by atoms with van der Waals surface area (Å²) in [4.78, 5) is 27.0. The van der Waals surface area contributed by atoms with Gasteiger partial charge in [-0.25, -0.2) is 9.79 Å². The predicted octanol–water partition coefficient (Wildman–Crippen LogP) is 6.39. The highest BCUT2D eigenvalue weighted by Gasteiger charge is 2.27. The molecular formula is C24H15ClI2N2O6. The highest BCUT2D eigenvalue weighted by atomic mass is 127. The molecule has 11 heteroatoms. The molecule has 0 fully saturated rings. The van der Waals surface area contributed by atoms with E-state index in [1.54, 1.807) is 12.1 Å². The Morgan fingerprint density at radius 2 is 1.97 bits per heavy atom. The number of ether oxygens (including phenoxy) is 3. The molecule has 1 heterocycles. The third-order valence-electron chi connectivity index (χ3n) is 4.84. The smallest absolute Gasteiger partial charge is 0.363 e. The number of nitrogens with zero attached hydrogens (tertiary/aromatic N) is 2. The standard InChI is InChI=1S/C24H15ClI2N2O6/c1-33-21-10-14(8-19(27)22(21)34-12-13-3-2-4-15(26)7-13)9-20-24(30)35-23(28-20)17-6-5-16(29(31)32)11-18(17)25/h2-11H,12H2,1H3/b20-9-. The Balaban J connectivity index is 1.60. The Labute approximate surface area is 232 Å². The first-order valence-corrected chi connectivity index (χ1v) is 12.5. The second-order valence-electron chi connectivity index (χ2n) is 7.21. The van der Waals surface area contributed by atoms with Gasteiger partial charge in [0.25, 0.3) is 5.69 Å². The van der Waals surface area contributed by atoms with E-state index in [1.807, 2.05) is 30.3 Å². The summed E-state index contributed by atoms with van der Waals surface area (Å²) in [6.07, 6.45) is 1.56. The summed E-state index contributed by atoms with van der Waals surface area (Å²) in [6.45, 7) is 0.375. The zero-order valence-corrected chi connectivity index (χ0v) is 23.0. The van der Waals surface area contributed by atoms with Crippen molar-refractivity contribution in [2.45, 2.75) is 6.61 Å². The van der Waals surface area contributed by atoms with Crippen LogP contribution in [0, 0.1) is 17.3 Å². The van der Waals surface area contributed by atoms with Gasteiger partial charge in [0, 0.05) is 15.7 Å². The van der Waals surface area contributed by atoms with E-state index in [9.17, 15) is 14.9 Å². The molecule has 3 aromatic rings. The summed E-state index contributed by atoms with van der Waals surface area (Å²) in [5.74, 6) is 0.399. The van der Waals surface area contributed by atoms with Gasteiger partial charge in [0.05, 0.1) is 26.2 Å². The van der Waals surface area contributed by atoms with Gasteiger partial charge in [-0.05, 0) is 92.7 Å². The molecule has 4 rings (SSSR count). The maximum absolute atomic E-state index is 12.4. The lowest BCUT2D eigenvalue weighted by Crippen LogP contribution is -2.06. The maximum Gasteiger partial charge on any atom is 0.363 e. The molecule has 0 amide bonds. The molecule has 178 valence electrons. The number of cyclic esters (lactones) is 1. The van der Waals surface area contributed by atoms with E-state index in [4.69, 9.17) is 25.8 Å². The van der Waals surface area contributed by atoms with Gasteiger partial charge in [-0.3, -0.25) is 10.1 Å². The minimum Gasteiger partial charge on any atom is -0.493 e. The summed E-state index contributed by atoms with van der Waals surface area (Å²) in [7, 11) is 1.54. The molecule has 1 aliphatic heterocycles. The third-order valence-corrected chi connectivity index (χ3v) is 6.63. The first kappa shape index (κ1) is 25.4. The minimum absolute atomic E-state index is 0.0275. The van der Waals surface area contributed by atoms with E-state index in [-0.39, 0.29) is 27.9 Å². The van der Waals surface area contributed by atoms with E-state index in [2.05, 4.69) is 50.2 Å². The number of methoxy groups -OCH3 is 1. The van der Waals surface area contributed by atoms with Crippen LogP contribution < -0.4 is 9.47 Å². The normalized spacial score (nSPS) is 14.0. The highest BCUT2D eigenvalue weighted by Crippen LogP contribution is 2.36. The van der Waals surface area contributed by atoms with E-state index in [0.717, 1.165) is 12.7 Å². The number of carbonyl (C=O) groups excluding carboxylic acids is 1. The monoisotopic (exact) mass is 716 g/mol. The number of rotatable bonds is 7. The average Bonchev–Trinajstić information content (AvgIpc) is 3.17. The van der Waals surface area contributed by atoms with E-state index in [0.29, 0.717) is 23.7 Å². The molecule has 0 saturated carbocycles. The second kappa shape index (κ2) is 10.9. The predicted molar refractivity (Wildman–Crippen MR) is 148 cm³/mol. The van der Waals surface area contributed by atoms with Gasteiger partial charge in [0.15, 0.2) is 17.2 Å². The van der Waals surface area contributed by atoms with Gasteiger partial charge in [0.2, 0.25) is 5.90 Å². The minimum atomic E-state index is -0.664. The number of halogens is 3. The Morgan fingerprint density at radius 1 is 1.17 bits per heavy atom. The molecule has 0 radical (unpaired) electrons. The average molecular weight is 717 g/mol. The summed E-state index contributed by atoms with van der Waals surface area (Å²) < 4.78 is 18.7. The van der Waals surface area contributed by atoms with Crippen molar-refractivity contribution >= 4 is 80.4 Å². The van der Waals surface area contributed by atoms with Crippen molar-refractivity contribution in [2.24, 2.45) is 4.99 Å². The summed E-state index contributed by atoms with van der Waals surface area (Å²) >= 11 is 10.5. The van der Waals surface area contributed by atoms with Crippen LogP contribution in [0.1, 0.15) is 16.7 Å². The number of aliphatic imine (C=N–C) groups is 1. The van der Waals surface area contributed by atoms with Gasteiger partial charge >= 0.3 is 5.97 Å². The van der Waals surface area contributed by atoms with Gasteiger partial charge in [-0.2, -0.15) is 0 Å². The van der Waals surface area contributed by atoms with Crippen LogP contribution in [0.25, 0.3) is 6.08 Å². The Kier molecular flexibility index (Phi) is 7.91. The van der Waals surface area contributed by atoms with Crippen LogP contribution in [0.15, 0.2) is 65.3 Å². The molecule has 0 bridgehead atoms. The van der Waals surface area contributed by atoms with Gasteiger partial charge in [-0.1, -0.05) is 23.7 Å². The Bertz CT molecular complexity index is 1410. The van der Waals surface area contributed by atoms with Crippen LogP contribution in [-0.4, -0.2) is 23.9 Å². The molecule has 0 atom stereocenters. The van der Waals surface area contributed by atoms with Gasteiger partial charge in [0.1, 0.15) is 6.61 Å². The van der Waals surface area contributed by atoms with Crippen LogP contribution in [-0.2, 0) is 16.1 Å². The maximum atomic E-state index is 12.4. The Morgan fingerprint density at radius 3 is 2.66 bits per heavy atom. The first-order chi connectivity index (χ1) is 16.7. The van der Waals surface area contributed by atoms with Gasteiger partial charge in [-0.15, -0.1) is 0 Å². The molecule has 0 N–H and O–H groups in total. The van der Waals surface area contributed by atoms with Crippen molar-refractivity contribution in [3.8, 4) is 11.5 Å². The molecule has 3 aromatic carbocycles. The summed E-state index contributed by atoms with van der Waals surface area (Å²) in [5.41, 5.74) is 1.84. The molecular weight excluding hydrogens is 702 g/mol. The van der Waals surface area contributed by atoms with E-state index < -0.39 is 10.9 Å². The molecule has 0 aliphatic carbocycles. The SMILES string of the molecule is COc1cc(/C=C2\N=C(c3ccc([N+](=O)[O-])cc3Cl)OC2=O)cc(I)c1OCc1cccc(I)c1. The third kappa shape index (κ3) is 5.93. The number of hydrogen-bond acceptors (Lipinski definition) is 7. The number of nitro benzene ring substituents is 1. The molecule has 1 aliphatic rings. The fourth-order valence-corrected chi connectivity index (χ4v) is 4.86. The molecule has 8 nitrogen and oxygen atoms in total. The van der Waals surface area contributed by atoms with Crippen molar-refractivity contribution in [2.75, 3.05) is 7.11 Å². The fourth-order valence-electron chi connectivity index (χ4n) is 3.22. The largest absolute Gasteiger partial charge is 0.493 e. The lowest BCUT2D eigenvalue weighted by atomic mass is 10.1. The molecule has 0 unspecified atom stereocenters. The zero-order chi connectivity index (χ0) is 25.1. The fraction of sp³-hybridized carbons (Fsp3) is 0.0833. The number of carbonyl (C=O) groups is 1. The lowest BCUT2D eigenvalue weighted by Gasteiger charge is -2.14. The number of nitro groups is 1. The van der Waals surface area contributed by atoms with Crippen LogP contribution in [0.3, 0.4) is 0 Å². The van der Waals surface area contributed by atoms with Crippen molar-refractivity contribution < 1.29 is 23.9 Å². The number of hydrogen-bond donors (Lipinski definition) is 0. The van der Waals surface area contributed by atoms with Crippen LogP contribution in [0.2, 0.25) is 5.02 Å². The number of esters is 1. The molecule has 0 spiro atoms. The lowest BCUT2D eigenvalue weighted by molar-refractivity contribution is -0.384. The van der Waals surface area contributed by atoms with Crippen molar-refractivity contribution in [3.63, 3.8) is 0 Å². The summed E-state index contributed by atoms with van der Waals surface area (Å²) in [6, 6.07) is 15.4. The zero-order valence-electron chi connectivity index (χ0n) is 18.0. The highest BCUT2D eigenvalue weighted by molar-refractivity contribution is 14.1.